The molecule has 19 heavy (non-hydrogen) atoms. The molecule has 4 heteroatoms. The number of methoxy groups -OCH3 is 1. The van der Waals surface area contributed by atoms with E-state index < -0.39 is 0 Å². The van der Waals surface area contributed by atoms with Crippen LogP contribution in [0.4, 0.5) is 0 Å². The molecule has 1 saturated carbocycles. The summed E-state index contributed by atoms with van der Waals surface area (Å²) in [5, 5.41) is 3.55. The van der Waals surface area contributed by atoms with Gasteiger partial charge >= 0.3 is 0 Å². The number of nitrogens with one attached hydrogen (secondary N) is 1. The molecule has 0 aromatic heterocycles. The molecule has 3 unspecified atom stereocenters. The molecule has 0 aromatic carbocycles. The smallest absolute Gasteiger partial charge is 0.0704 e. The van der Waals surface area contributed by atoms with Gasteiger partial charge in [0.25, 0.3) is 0 Å². The number of hydrogen-bond acceptors (Lipinski definition) is 4. The van der Waals surface area contributed by atoms with E-state index in [9.17, 15) is 0 Å². The molecule has 0 spiro atoms. The van der Waals surface area contributed by atoms with Crippen molar-refractivity contribution < 1.29 is 14.2 Å². The Labute approximate surface area is 118 Å². The van der Waals surface area contributed by atoms with E-state index in [4.69, 9.17) is 14.2 Å². The van der Waals surface area contributed by atoms with E-state index in [0.29, 0.717) is 25.4 Å². The zero-order chi connectivity index (χ0) is 14.1. The minimum Gasteiger partial charge on any atom is -0.385 e. The van der Waals surface area contributed by atoms with Crippen molar-refractivity contribution in [1.82, 2.24) is 5.32 Å². The van der Waals surface area contributed by atoms with Crippen molar-refractivity contribution in [1.29, 1.82) is 0 Å². The summed E-state index contributed by atoms with van der Waals surface area (Å²) in [6.07, 6.45) is 3.62. The molecule has 1 aliphatic rings. The van der Waals surface area contributed by atoms with Crippen LogP contribution >= 0.6 is 0 Å². The molecule has 3 atom stereocenters. The van der Waals surface area contributed by atoms with Gasteiger partial charge in [-0.2, -0.15) is 0 Å². The number of hydrogen-bond donors (Lipinski definition) is 1. The lowest BCUT2D eigenvalue weighted by molar-refractivity contribution is -0.137. The summed E-state index contributed by atoms with van der Waals surface area (Å²) in [6.45, 7) is 10.7. The van der Waals surface area contributed by atoms with Crippen LogP contribution in [0.15, 0.2) is 0 Å². The Balaban J connectivity index is 2.10. The van der Waals surface area contributed by atoms with Crippen molar-refractivity contribution in [3.8, 4) is 0 Å². The maximum absolute atomic E-state index is 5.97. The molecule has 0 heterocycles. The van der Waals surface area contributed by atoms with E-state index >= 15 is 0 Å². The average molecular weight is 273 g/mol. The van der Waals surface area contributed by atoms with Crippen molar-refractivity contribution >= 4 is 0 Å². The molecule has 4 nitrogen and oxygen atoms in total. The van der Waals surface area contributed by atoms with Crippen LogP contribution in [0.1, 0.15) is 40.0 Å². The first kappa shape index (κ1) is 16.9. The zero-order valence-electron chi connectivity index (χ0n) is 13.0. The van der Waals surface area contributed by atoms with Crippen molar-refractivity contribution in [2.45, 2.75) is 52.2 Å². The largest absolute Gasteiger partial charge is 0.385 e. The summed E-state index contributed by atoms with van der Waals surface area (Å²) in [6, 6.07) is 0.607. The van der Waals surface area contributed by atoms with E-state index in [1.165, 1.54) is 0 Å². The van der Waals surface area contributed by atoms with Crippen LogP contribution < -0.4 is 5.32 Å². The van der Waals surface area contributed by atoms with Gasteiger partial charge in [-0.25, -0.2) is 0 Å². The fraction of sp³-hybridized carbons (Fsp3) is 1.00. The summed E-state index contributed by atoms with van der Waals surface area (Å²) in [7, 11) is 1.71. The van der Waals surface area contributed by atoms with E-state index in [1.807, 2.05) is 0 Å². The summed E-state index contributed by atoms with van der Waals surface area (Å²) in [5.41, 5.74) is 0.284. The fourth-order valence-electron chi connectivity index (χ4n) is 2.77. The van der Waals surface area contributed by atoms with Crippen LogP contribution in [0.2, 0.25) is 0 Å². The normalized spacial score (nSPS) is 30.3. The van der Waals surface area contributed by atoms with E-state index in [-0.39, 0.29) is 5.41 Å². The SMILES string of the molecule is CCNC1CC(OCCOCCCOC)C1(C)CC. The quantitative estimate of drug-likeness (QED) is 0.586. The van der Waals surface area contributed by atoms with Crippen LogP contribution in [0.5, 0.6) is 0 Å². The van der Waals surface area contributed by atoms with Gasteiger partial charge in [-0.15, -0.1) is 0 Å². The Morgan fingerprint density at radius 1 is 1.16 bits per heavy atom. The van der Waals surface area contributed by atoms with Gasteiger partial charge in [-0.05, 0) is 25.8 Å². The van der Waals surface area contributed by atoms with Crippen molar-refractivity contribution in [2.75, 3.05) is 40.1 Å². The molecular formula is C15H31NO3. The van der Waals surface area contributed by atoms with Crippen LogP contribution in [0.25, 0.3) is 0 Å². The lowest BCUT2D eigenvalue weighted by Gasteiger charge is -2.53. The third-order valence-corrected chi connectivity index (χ3v) is 4.38. The highest BCUT2D eigenvalue weighted by atomic mass is 16.5. The molecule has 1 N–H and O–H groups in total. The van der Waals surface area contributed by atoms with Gasteiger partial charge in [0.1, 0.15) is 0 Å². The Kier molecular flexibility index (Phi) is 7.91. The molecule has 0 saturated heterocycles. The molecule has 114 valence electrons. The summed E-state index contributed by atoms with van der Waals surface area (Å²) in [5.74, 6) is 0. The predicted molar refractivity (Wildman–Crippen MR) is 77.5 cm³/mol. The van der Waals surface area contributed by atoms with Gasteiger partial charge in [0.15, 0.2) is 0 Å². The standard InChI is InChI=1S/C15H31NO3/c1-5-15(3)13(16-6-2)12-14(15)19-11-10-18-9-7-8-17-4/h13-14,16H,5-12H2,1-4H3. The monoisotopic (exact) mass is 273 g/mol. The zero-order valence-corrected chi connectivity index (χ0v) is 13.0. The Morgan fingerprint density at radius 3 is 2.58 bits per heavy atom. The van der Waals surface area contributed by atoms with E-state index in [2.05, 4.69) is 26.1 Å². The van der Waals surface area contributed by atoms with E-state index in [0.717, 1.165) is 39.0 Å². The Morgan fingerprint density at radius 2 is 1.95 bits per heavy atom. The van der Waals surface area contributed by atoms with Gasteiger partial charge < -0.3 is 19.5 Å². The summed E-state index contributed by atoms with van der Waals surface area (Å²) >= 11 is 0. The Hall–Kier alpha value is -0.160. The molecule has 1 aliphatic carbocycles. The summed E-state index contributed by atoms with van der Waals surface area (Å²) in [4.78, 5) is 0. The first-order valence-electron chi connectivity index (χ1n) is 7.60. The number of rotatable bonds is 11. The predicted octanol–water partition coefficient (Wildman–Crippen LogP) is 2.22. The first-order chi connectivity index (χ1) is 9.19. The van der Waals surface area contributed by atoms with Crippen molar-refractivity contribution in [2.24, 2.45) is 5.41 Å². The highest BCUT2D eigenvalue weighted by Crippen LogP contribution is 2.45. The second kappa shape index (κ2) is 8.90. The fourth-order valence-corrected chi connectivity index (χ4v) is 2.77. The van der Waals surface area contributed by atoms with Gasteiger partial charge in [0, 0.05) is 31.8 Å². The van der Waals surface area contributed by atoms with Crippen LogP contribution in [0, 0.1) is 5.41 Å². The van der Waals surface area contributed by atoms with Gasteiger partial charge in [0.2, 0.25) is 0 Å². The van der Waals surface area contributed by atoms with Crippen molar-refractivity contribution in [3.63, 3.8) is 0 Å². The molecule has 1 rings (SSSR count). The molecule has 0 aromatic rings. The minimum atomic E-state index is 0.284. The molecule has 0 bridgehead atoms. The van der Waals surface area contributed by atoms with E-state index in [1.54, 1.807) is 7.11 Å². The molecule has 0 radical (unpaired) electrons. The van der Waals surface area contributed by atoms with Crippen LogP contribution in [-0.2, 0) is 14.2 Å². The summed E-state index contributed by atoms with van der Waals surface area (Å²) < 4.78 is 16.5. The molecule has 0 amide bonds. The average Bonchev–Trinajstić information content (AvgIpc) is 2.43. The third kappa shape index (κ3) is 4.71. The third-order valence-electron chi connectivity index (χ3n) is 4.38. The minimum absolute atomic E-state index is 0.284. The second-order valence-electron chi connectivity index (χ2n) is 5.52. The highest BCUT2D eigenvalue weighted by Gasteiger charge is 2.50. The maximum atomic E-state index is 5.97. The molecular weight excluding hydrogens is 242 g/mol. The first-order valence-corrected chi connectivity index (χ1v) is 7.60. The molecule has 1 fully saturated rings. The number of ether oxygens (including phenoxy) is 3. The van der Waals surface area contributed by atoms with Crippen LogP contribution in [-0.4, -0.2) is 52.2 Å². The lowest BCUT2D eigenvalue weighted by Crippen LogP contribution is -2.62. The van der Waals surface area contributed by atoms with Gasteiger partial charge in [-0.1, -0.05) is 20.8 Å². The second-order valence-corrected chi connectivity index (χ2v) is 5.52. The lowest BCUT2D eigenvalue weighted by atomic mass is 9.61. The van der Waals surface area contributed by atoms with Gasteiger partial charge in [-0.3, -0.25) is 0 Å². The highest BCUT2D eigenvalue weighted by molar-refractivity contribution is 5.04. The maximum Gasteiger partial charge on any atom is 0.0704 e. The van der Waals surface area contributed by atoms with Crippen molar-refractivity contribution in [3.05, 3.63) is 0 Å². The van der Waals surface area contributed by atoms with Gasteiger partial charge in [0.05, 0.1) is 19.3 Å². The molecule has 0 aliphatic heterocycles. The topological polar surface area (TPSA) is 39.7 Å². The Bertz CT molecular complexity index is 237. The van der Waals surface area contributed by atoms with Crippen LogP contribution in [0.3, 0.4) is 0 Å².